The van der Waals surface area contributed by atoms with Crippen LogP contribution in [0.15, 0.2) is 24.3 Å². The van der Waals surface area contributed by atoms with Crippen LogP contribution in [-0.4, -0.2) is 78.9 Å². The Morgan fingerprint density at radius 2 is 1.58 bits per heavy atom. The molecule has 3 atom stereocenters. The molecule has 0 spiro atoms. The van der Waals surface area contributed by atoms with Crippen LogP contribution >= 0.6 is 0 Å². The van der Waals surface area contributed by atoms with Crippen molar-refractivity contribution in [2.24, 2.45) is 23.7 Å². The van der Waals surface area contributed by atoms with Gasteiger partial charge in [0.1, 0.15) is 18.7 Å². The van der Waals surface area contributed by atoms with Crippen molar-refractivity contribution >= 4 is 41.3 Å². The molecule has 250 valence electrons. The van der Waals surface area contributed by atoms with Crippen LogP contribution in [0, 0.1) is 23.7 Å². The summed E-state index contributed by atoms with van der Waals surface area (Å²) in [7, 11) is 0. The highest BCUT2D eigenvalue weighted by molar-refractivity contribution is 6.03. The predicted octanol–water partition coefficient (Wildman–Crippen LogP) is 2.59. The second-order valence-corrected chi connectivity index (χ2v) is 12.4. The van der Waals surface area contributed by atoms with E-state index in [4.69, 9.17) is 9.47 Å². The third kappa shape index (κ3) is 12.5. The molecule has 1 fully saturated rings. The van der Waals surface area contributed by atoms with Crippen molar-refractivity contribution in [1.29, 1.82) is 0 Å². The number of rotatable bonds is 17. The molecule has 1 aliphatic heterocycles. The van der Waals surface area contributed by atoms with Crippen LogP contribution in [0.3, 0.4) is 0 Å². The average Bonchev–Trinajstić information content (AvgIpc) is 3.26. The molecule has 1 aromatic carbocycles. The summed E-state index contributed by atoms with van der Waals surface area (Å²) in [5, 5.41) is 10.7. The van der Waals surface area contributed by atoms with Gasteiger partial charge in [-0.05, 0) is 42.4 Å². The molecule has 0 aliphatic carbocycles. The van der Waals surface area contributed by atoms with E-state index in [1.165, 1.54) is 11.8 Å². The Labute approximate surface area is 265 Å². The van der Waals surface area contributed by atoms with E-state index < -0.39 is 35.9 Å². The summed E-state index contributed by atoms with van der Waals surface area (Å²) in [6, 6.07) is 5.00. The first-order valence-corrected chi connectivity index (χ1v) is 15.5. The molecule has 6 amide bonds. The summed E-state index contributed by atoms with van der Waals surface area (Å²) < 4.78 is 10.7. The van der Waals surface area contributed by atoms with Crippen LogP contribution in [0.4, 0.5) is 10.5 Å². The Kier molecular flexibility index (Phi) is 14.9. The normalized spacial score (nSPS) is 16.1. The molecular weight excluding hydrogens is 582 g/mol. The lowest BCUT2D eigenvalue weighted by Gasteiger charge is -2.24. The molecule has 0 bridgehead atoms. The average molecular weight is 632 g/mol. The molecule has 45 heavy (non-hydrogen) atoms. The third-order valence-corrected chi connectivity index (χ3v) is 7.28. The quantitative estimate of drug-likeness (QED) is 0.150. The van der Waals surface area contributed by atoms with Crippen molar-refractivity contribution < 1.29 is 38.2 Å². The van der Waals surface area contributed by atoms with Crippen LogP contribution in [0.5, 0.6) is 0 Å². The Morgan fingerprint density at radius 1 is 0.911 bits per heavy atom. The third-order valence-electron chi connectivity index (χ3n) is 7.28. The van der Waals surface area contributed by atoms with Crippen molar-refractivity contribution in [3.05, 3.63) is 29.8 Å². The second kappa shape index (κ2) is 18.1. The lowest BCUT2D eigenvalue weighted by molar-refractivity contribution is -0.140. The number of nitrogens with one attached hydrogen (secondary N) is 4. The smallest absolute Gasteiger partial charge is 0.407 e. The number of imide groups is 1. The Morgan fingerprint density at radius 3 is 2.16 bits per heavy atom. The molecule has 13 heteroatoms. The number of alkyl carbamates (subject to hydrolysis) is 1. The van der Waals surface area contributed by atoms with Gasteiger partial charge in [0.05, 0.1) is 19.8 Å². The van der Waals surface area contributed by atoms with Crippen molar-refractivity contribution in [3.63, 3.8) is 0 Å². The molecule has 1 unspecified atom stereocenters. The first kappa shape index (κ1) is 37.2. The topological polar surface area (TPSA) is 172 Å². The number of likely N-dealkylation sites (tertiary alicyclic amines) is 1. The van der Waals surface area contributed by atoms with Gasteiger partial charge >= 0.3 is 6.09 Å². The number of nitrogens with zero attached hydrogens (tertiary/aromatic N) is 1. The first-order valence-electron chi connectivity index (χ1n) is 15.5. The summed E-state index contributed by atoms with van der Waals surface area (Å²) >= 11 is 0. The zero-order chi connectivity index (χ0) is 33.7. The van der Waals surface area contributed by atoms with Crippen molar-refractivity contribution in [1.82, 2.24) is 20.9 Å². The zero-order valence-electron chi connectivity index (χ0n) is 27.4. The Hall–Kier alpha value is -4.00. The summed E-state index contributed by atoms with van der Waals surface area (Å²) in [6.45, 7) is 13.8. The maximum Gasteiger partial charge on any atom is 0.407 e. The fourth-order valence-electron chi connectivity index (χ4n) is 4.46. The summed E-state index contributed by atoms with van der Waals surface area (Å²) in [6.07, 6.45) is -0.311. The van der Waals surface area contributed by atoms with Crippen LogP contribution in [0.25, 0.3) is 0 Å². The molecule has 0 radical (unpaired) electrons. The molecule has 4 N–H and O–H groups in total. The van der Waals surface area contributed by atoms with Gasteiger partial charge in [0.2, 0.25) is 29.5 Å². The maximum absolute atomic E-state index is 12.9. The first-order chi connectivity index (χ1) is 21.2. The number of hydrogen-bond donors (Lipinski definition) is 4. The fourth-order valence-corrected chi connectivity index (χ4v) is 4.46. The number of benzene rings is 1. The van der Waals surface area contributed by atoms with Gasteiger partial charge in [-0.15, -0.1) is 0 Å². The van der Waals surface area contributed by atoms with E-state index in [-0.39, 0.29) is 68.8 Å². The number of carbonyl (C=O) groups excluding carboxylic acids is 6. The van der Waals surface area contributed by atoms with Crippen LogP contribution in [-0.2, 0) is 40.1 Å². The summed E-state index contributed by atoms with van der Waals surface area (Å²) in [5.74, 6) is -1.92. The summed E-state index contributed by atoms with van der Waals surface area (Å²) in [4.78, 5) is 75.6. The van der Waals surface area contributed by atoms with E-state index in [0.29, 0.717) is 18.2 Å². The summed E-state index contributed by atoms with van der Waals surface area (Å²) in [5.41, 5.74) is 1.24. The van der Waals surface area contributed by atoms with E-state index in [9.17, 15) is 28.8 Å². The highest BCUT2D eigenvalue weighted by atomic mass is 16.5. The molecule has 1 heterocycles. The molecule has 0 aromatic heterocycles. The highest BCUT2D eigenvalue weighted by Crippen LogP contribution is 2.26. The van der Waals surface area contributed by atoms with E-state index >= 15 is 0 Å². The molecule has 13 nitrogen and oxygen atoms in total. The van der Waals surface area contributed by atoms with Crippen molar-refractivity contribution in [2.45, 2.75) is 80.0 Å². The highest BCUT2D eigenvalue weighted by Gasteiger charge is 2.39. The van der Waals surface area contributed by atoms with Gasteiger partial charge in [-0.2, -0.15) is 0 Å². The largest absolute Gasteiger partial charge is 0.445 e. The Balaban J connectivity index is 1.74. The minimum atomic E-state index is -0.891. The minimum absolute atomic E-state index is 0.0211. The number of ether oxygens (including phenoxy) is 2. The van der Waals surface area contributed by atoms with Crippen molar-refractivity contribution in [3.8, 4) is 0 Å². The molecular formula is C32H49N5O8. The Bertz CT molecular complexity index is 1180. The second-order valence-electron chi connectivity index (χ2n) is 12.4. The molecule has 1 saturated heterocycles. The van der Waals surface area contributed by atoms with Gasteiger partial charge in [0.25, 0.3) is 0 Å². The van der Waals surface area contributed by atoms with Crippen LogP contribution in [0.2, 0.25) is 0 Å². The lowest BCUT2D eigenvalue weighted by atomic mass is 9.94. The monoisotopic (exact) mass is 631 g/mol. The molecule has 1 aromatic rings. The molecule has 0 saturated carbocycles. The van der Waals surface area contributed by atoms with E-state index in [2.05, 4.69) is 21.3 Å². The standard InChI is InChI=1S/C32H49N5O8/c1-19(2)17-33-32(43)45-18-23-8-10-24(11-9-23)35-29(40)22(7)34-30(41)28(21(5)6)36-26(38)12-14-44-15-13-37-27(39)16-25(20(3)4)31(37)42/h8-11,19-22,25,28H,12-18H2,1-7H3,(H,33,43)(H,34,41)(H,35,40)(H,36,38)/t22-,25?,28-/m0/s1. The zero-order valence-corrected chi connectivity index (χ0v) is 27.4. The number of carbonyl (C=O) groups is 6. The fraction of sp³-hybridized carbons (Fsp3) is 0.625. The van der Waals surface area contributed by atoms with Gasteiger partial charge in [-0.25, -0.2) is 4.79 Å². The van der Waals surface area contributed by atoms with E-state index in [1.807, 2.05) is 27.7 Å². The SMILES string of the molecule is CC(C)CNC(=O)OCc1ccc(NC(=O)[C@H](C)NC(=O)[C@@H](NC(=O)CCOCCN2C(=O)CC(C(C)C)C2=O)C(C)C)cc1. The van der Waals surface area contributed by atoms with Gasteiger partial charge in [0, 0.05) is 31.0 Å². The lowest BCUT2D eigenvalue weighted by Crippen LogP contribution is -2.53. The van der Waals surface area contributed by atoms with Gasteiger partial charge in [-0.3, -0.25) is 28.9 Å². The minimum Gasteiger partial charge on any atom is -0.445 e. The van der Waals surface area contributed by atoms with Crippen LogP contribution < -0.4 is 21.3 Å². The predicted molar refractivity (Wildman–Crippen MR) is 168 cm³/mol. The maximum atomic E-state index is 12.9. The molecule has 2 rings (SSSR count). The number of hydrogen-bond acceptors (Lipinski definition) is 8. The van der Waals surface area contributed by atoms with Gasteiger partial charge in [0.15, 0.2) is 0 Å². The van der Waals surface area contributed by atoms with Gasteiger partial charge < -0.3 is 30.7 Å². The van der Waals surface area contributed by atoms with E-state index in [0.717, 1.165) is 5.56 Å². The van der Waals surface area contributed by atoms with Crippen molar-refractivity contribution in [2.75, 3.05) is 31.6 Å². The number of anilines is 1. The van der Waals surface area contributed by atoms with Gasteiger partial charge in [-0.1, -0.05) is 53.7 Å². The van der Waals surface area contributed by atoms with Crippen LogP contribution in [0.1, 0.15) is 66.9 Å². The van der Waals surface area contributed by atoms with E-state index in [1.54, 1.807) is 38.1 Å². The molecule has 1 aliphatic rings. The number of amides is 6.